The summed E-state index contributed by atoms with van der Waals surface area (Å²) in [5, 5.41) is 0. The Labute approximate surface area is 180 Å². The van der Waals surface area contributed by atoms with Gasteiger partial charge in [-0.05, 0) is 25.7 Å². The van der Waals surface area contributed by atoms with Crippen LogP contribution in [0.3, 0.4) is 0 Å². The molecule has 0 saturated heterocycles. The maximum atomic E-state index is 10.2. The van der Waals surface area contributed by atoms with Crippen LogP contribution < -0.4 is 9.79 Å². The van der Waals surface area contributed by atoms with E-state index in [4.69, 9.17) is 0 Å². The van der Waals surface area contributed by atoms with E-state index in [2.05, 4.69) is 13.8 Å². The average molecular weight is 467 g/mol. The first-order valence-corrected chi connectivity index (χ1v) is 13.5. The Morgan fingerprint density at radius 1 is 0.481 bits per heavy atom. The first-order chi connectivity index (χ1) is 12.5. The van der Waals surface area contributed by atoms with Crippen LogP contribution in [0.1, 0.15) is 117 Å². The van der Waals surface area contributed by atoms with Gasteiger partial charge in [0.25, 0.3) is 0 Å². The zero-order chi connectivity index (χ0) is 19.9. The van der Waals surface area contributed by atoms with E-state index in [1.807, 2.05) is 0 Å². The molecule has 164 valence electrons. The van der Waals surface area contributed by atoms with E-state index in [-0.39, 0.29) is 16.5 Å². The van der Waals surface area contributed by atoms with Crippen molar-refractivity contribution in [1.29, 1.82) is 0 Å². The number of hydrogen-bond donors (Lipinski definition) is 0. The molecule has 0 aromatic rings. The zero-order valence-corrected chi connectivity index (χ0v) is 20.3. The molecule has 0 radical (unpaired) electrons. The van der Waals surface area contributed by atoms with Gasteiger partial charge in [-0.2, -0.15) is 0 Å². The topological polar surface area (TPSA) is 80.3 Å². The van der Waals surface area contributed by atoms with Crippen molar-refractivity contribution in [1.82, 2.24) is 0 Å². The largest absolute Gasteiger partial charge is 2.00 e. The second-order valence-corrected chi connectivity index (χ2v) is 9.29. The number of unbranched alkanes of at least 4 members (excludes halogenated alkanes) is 14. The predicted molar refractivity (Wildman–Crippen MR) is 110 cm³/mol. The van der Waals surface area contributed by atoms with Gasteiger partial charge in [0.15, 0.2) is 0 Å². The predicted octanol–water partition coefficient (Wildman–Crippen LogP) is 6.46. The molecule has 0 aromatic heterocycles. The van der Waals surface area contributed by atoms with Crippen LogP contribution >= 0.6 is 16.1 Å². The van der Waals surface area contributed by atoms with Gasteiger partial charge in [-0.3, -0.25) is 0 Å². The summed E-state index contributed by atoms with van der Waals surface area (Å²) in [6, 6.07) is 0. The minimum absolute atomic E-state index is 0. The third-order valence-electron chi connectivity index (χ3n) is 4.39. The molecule has 0 aromatic carbocycles. The molecule has 0 N–H and O–H groups in total. The maximum Gasteiger partial charge on any atom is 2.00 e. The van der Waals surface area contributed by atoms with Crippen molar-refractivity contribution in [3.8, 4) is 0 Å². The van der Waals surface area contributed by atoms with E-state index < -0.39 is 16.1 Å². The van der Waals surface area contributed by atoms with E-state index in [0.29, 0.717) is 12.3 Å². The fourth-order valence-corrected chi connectivity index (χ4v) is 3.71. The molecule has 0 aliphatic carbocycles. The Balaban J connectivity index is -0.000000411. The first-order valence-electron chi connectivity index (χ1n) is 10.8. The molecule has 0 saturated carbocycles. The molecule has 0 aliphatic rings. The molecule has 0 amide bonds. The molecule has 2 unspecified atom stereocenters. The minimum Gasteiger partial charge on any atom is -0.596 e. The molecular weight excluding hydrogens is 425 g/mol. The van der Waals surface area contributed by atoms with Gasteiger partial charge < -0.3 is 9.79 Å². The summed E-state index contributed by atoms with van der Waals surface area (Å²) < 4.78 is 20.4. The van der Waals surface area contributed by atoms with Crippen molar-refractivity contribution in [2.75, 3.05) is 12.3 Å². The number of rotatable bonds is 18. The Hall–Kier alpha value is 0.614. The van der Waals surface area contributed by atoms with Crippen LogP contribution in [-0.2, 0) is 25.6 Å². The van der Waals surface area contributed by atoms with Crippen LogP contribution in [0.4, 0.5) is 0 Å². The van der Waals surface area contributed by atoms with Gasteiger partial charge in [-0.1, -0.05) is 100 Å². The van der Waals surface area contributed by atoms with Gasteiger partial charge in [-0.25, -0.2) is 0 Å². The average Bonchev–Trinajstić information content (AvgIpc) is 2.60. The minimum atomic E-state index is -2.13. The van der Waals surface area contributed by atoms with Gasteiger partial charge in [0.2, 0.25) is 0 Å². The quantitative estimate of drug-likeness (QED) is 0.132. The zero-order valence-electron chi connectivity index (χ0n) is 17.6. The molecule has 0 bridgehead atoms. The van der Waals surface area contributed by atoms with Crippen LogP contribution in [0, 0.1) is 0 Å². The van der Waals surface area contributed by atoms with Gasteiger partial charge in [0.05, 0.1) is 0 Å². The molecule has 0 heterocycles. The first kappa shape index (κ1) is 32.3. The van der Waals surface area contributed by atoms with Crippen molar-refractivity contribution in [2.45, 2.75) is 117 Å². The smallest absolute Gasteiger partial charge is 0.596 e. The fourth-order valence-electron chi connectivity index (χ4n) is 2.75. The van der Waals surface area contributed by atoms with Gasteiger partial charge in [0.1, 0.15) is 12.3 Å². The Morgan fingerprint density at radius 2 is 0.704 bits per heavy atom. The summed E-state index contributed by atoms with van der Waals surface area (Å²) in [6.07, 6.45) is 20.1. The number of hydrogen-bond acceptors (Lipinski definition) is 4. The third-order valence-corrected chi connectivity index (χ3v) is 5.75. The van der Waals surface area contributed by atoms with Crippen molar-refractivity contribution in [2.24, 2.45) is 0 Å². The van der Waals surface area contributed by atoms with Crippen LogP contribution in [0.25, 0.3) is 0 Å². The summed E-state index contributed by atoms with van der Waals surface area (Å²) in [5.41, 5.74) is 0. The molecule has 7 heteroatoms. The molecule has 0 rings (SSSR count). The van der Waals surface area contributed by atoms with E-state index >= 15 is 0 Å². The Kier molecular flexibility index (Phi) is 34.5. The van der Waals surface area contributed by atoms with E-state index in [1.165, 1.54) is 77.0 Å². The summed E-state index contributed by atoms with van der Waals surface area (Å²) in [5.74, 6) is 0. The van der Waals surface area contributed by atoms with Crippen molar-refractivity contribution >= 4 is 16.1 Å². The molecule has 0 aliphatic heterocycles. The molecule has 27 heavy (non-hydrogen) atoms. The third kappa shape index (κ3) is 37.9. The summed E-state index contributed by atoms with van der Waals surface area (Å²) in [6.45, 7) is 4.43. The van der Waals surface area contributed by atoms with Crippen LogP contribution in [0.5, 0.6) is 0 Å². The van der Waals surface area contributed by atoms with E-state index in [0.717, 1.165) is 25.7 Å². The molecule has 4 nitrogen and oxygen atoms in total. The molecule has 2 atom stereocenters. The van der Waals surface area contributed by atoms with E-state index in [9.17, 15) is 18.9 Å². The second kappa shape index (κ2) is 28.8. The second-order valence-electron chi connectivity index (χ2n) is 7.06. The summed E-state index contributed by atoms with van der Waals surface area (Å²) >= 11 is 0. The van der Waals surface area contributed by atoms with Crippen LogP contribution in [-0.4, -0.2) is 12.3 Å². The molecule has 0 fully saturated rings. The summed E-state index contributed by atoms with van der Waals surface area (Å²) in [7, 11) is -4.26. The molecular formula is C20H42NiO4P2+2. The van der Waals surface area contributed by atoms with Gasteiger partial charge in [0, 0.05) is 0 Å². The SMILES string of the molecule is CCCCCCCCCC[P+](=O)[O-].CCCCCCCCCC[P+](=O)[O-].[Ni+2]. The van der Waals surface area contributed by atoms with Crippen molar-refractivity contribution in [3.05, 3.63) is 0 Å². The molecule has 0 spiro atoms. The van der Waals surface area contributed by atoms with E-state index in [1.54, 1.807) is 0 Å². The standard InChI is InChI=1S/2C10H21O2P.Ni/c2*1-2-3-4-5-6-7-8-9-10-13(11)12;/h2*2-10H2,1H3;/q;;+2. The summed E-state index contributed by atoms with van der Waals surface area (Å²) in [4.78, 5) is 20.4. The maximum absolute atomic E-state index is 10.2. The van der Waals surface area contributed by atoms with Gasteiger partial charge in [-0.15, -0.1) is 0 Å². The van der Waals surface area contributed by atoms with Crippen molar-refractivity contribution in [3.63, 3.8) is 0 Å². The van der Waals surface area contributed by atoms with Crippen LogP contribution in [0.2, 0.25) is 0 Å². The van der Waals surface area contributed by atoms with Crippen LogP contribution in [0.15, 0.2) is 0 Å². The Morgan fingerprint density at radius 3 is 0.926 bits per heavy atom. The van der Waals surface area contributed by atoms with Crippen molar-refractivity contribution < 1.29 is 35.4 Å². The fraction of sp³-hybridized carbons (Fsp3) is 1.00. The normalized spacial score (nSPS) is 11.3. The van der Waals surface area contributed by atoms with Gasteiger partial charge >= 0.3 is 32.5 Å². The Bertz CT molecular complexity index is 288. The monoisotopic (exact) mass is 466 g/mol.